The summed E-state index contributed by atoms with van der Waals surface area (Å²) in [6.07, 6.45) is 5.25. The Morgan fingerprint density at radius 3 is 2.62 bits per heavy atom. The summed E-state index contributed by atoms with van der Waals surface area (Å²) in [5.41, 5.74) is -0.741. The van der Waals surface area contributed by atoms with Gasteiger partial charge in [0.25, 0.3) is 0 Å². The summed E-state index contributed by atoms with van der Waals surface area (Å²) in [5, 5.41) is 3.70. The van der Waals surface area contributed by atoms with Gasteiger partial charge in [-0.25, -0.2) is 4.79 Å². The van der Waals surface area contributed by atoms with Crippen LogP contribution in [-0.2, 0) is 9.53 Å². The molecule has 7 nitrogen and oxygen atoms in total. The first-order valence-electron chi connectivity index (χ1n) is 6.93. The maximum Gasteiger partial charge on any atom is 0.331 e. The molecule has 0 unspecified atom stereocenters. The van der Waals surface area contributed by atoms with Crippen LogP contribution in [0.4, 0.5) is 5.95 Å². The highest BCUT2D eigenvalue weighted by Gasteiger charge is 2.43. The molecule has 1 saturated carbocycles. The Kier molecular flexibility index (Phi) is 5.22. The molecule has 1 aliphatic rings. The number of hydrogen-bond donors (Lipinski definition) is 1. The number of methoxy groups -OCH3 is 1. The molecule has 116 valence electrons. The summed E-state index contributed by atoms with van der Waals surface area (Å²) in [6.45, 7) is 2.34. The van der Waals surface area contributed by atoms with Gasteiger partial charge in [-0.3, -0.25) is 0 Å². The number of rotatable bonds is 6. The third kappa shape index (κ3) is 3.55. The minimum atomic E-state index is -0.741. The first kappa shape index (κ1) is 15.8. The average molecular weight is 312 g/mol. The van der Waals surface area contributed by atoms with Crippen molar-refractivity contribution < 1.29 is 14.3 Å². The lowest BCUT2D eigenvalue weighted by Crippen LogP contribution is -2.45. The van der Waals surface area contributed by atoms with Gasteiger partial charge >= 0.3 is 12.0 Å². The Morgan fingerprint density at radius 2 is 2.05 bits per heavy atom. The van der Waals surface area contributed by atoms with E-state index in [0.717, 1.165) is 12.8 Å². The van der Waals surface area contributed by atoms with Crippen molar-refractivity contribution in [2.45, 2.75) is 43.3 Å². The maximum absolute atomic E-state index is 12.1. The molecule has 1 heterocycles. The van der Waals surface area contributed by atoms with Gasteiger partial charge in [0, 0.05) is 0 Å². The fourth-order valence-corrected chi connectivity index (χ4v) is 2.79. The molecule has 0 atom stereocenters. The molecule has 0 aromatic carbocycles. The molecule has 1 fully saturated rings. The van der Waals surface area contributed by atoms with Crippen LogP contribution in [0.3, 0.4) is 0 Å². The number of aromatic nitrogens is 3. The highest BCUT2D eigenvalue weighted by Crippen LogP contribution is 2.33. The molecular weight excluding hydrogens is 292 g/mol. The number of carbonyl (C=O) groups excluding carboxylic acids is 1. The van der Waals surface area contributed by atoms with E-state index in [1.165, 1.54) is 18.9 Å². The number of hydrogen-bond acceptors (Lipinski definition) is 8. The fourth-order valence-electron chi connectivity index (χ4n) is 2.45. The minimum absolute atomic E-state index is 0.261. The average Bonchev–Trinajstić information content (AvgIpc) is 2.96. The van der Waals surface area contributed by atoms with Crippen LogP contribution in [-0.4, -0.2) is 46.4 Å². The highest BCUT2D eigenvalue weighted by atomic mass is 32.2. The molecule has 1 aromatic heterocycles. The van der Waals surface area contributed by atoms with Gasteiger partial charge in [-0.1, -0.05) is 24.6 Å². The Bertz CT molecular complexity index is 506. The first-order chi connectivity index (χ1) is 10.1. The van der Waals surface area contributed by atoms with E-state index < -0.39 is 5.54 Å². The van der Waals surface area contributed by atoms with Crippen LogP contribution in [0.2, 0.25) is 0 Å². The van der Waals surface area contributed by atoms with E-state index in [-0.39, 0.29) is 12.0 Å². The number of anilines is 1. The zero-order valence-corrected chi connectivity index (χ0v) is 13.3. The molecule has 0 bridgehead atoms. The lowest BCUT2D eigenvalue weighted by Gasteiger charge is -2.27. The monoisotopic (exact) mass is 312 g/mol. The predicted molar refractivity (Wildman–Crippen MR) is 79.6 cm³/mol. The standard InChI is InChI=1S/C13H20N4O3S/c1-4-20-11-14-10(15-12(16-11)21-3)17-13(9(18)19-2)7-5-6-8-13/h4-8H2,1-3H3,(H,14,15,16,17). The zero-order chi connectivity index (χ0) is 15.3. The summed E-state index contributed by atoms with van der Waals surface area (Å²) in [4.78, 5) is 24.8. The summed E-state index contributed by atoms with van der Waals surface area (Å²) >= 11 is 1.40. The largest absolute Gasteiger partial charge is 0.467 e. The molecule has 0 spiro atoms. The van der Waals surface area contributed by atoms with Crippen molar-refractivity contribution in [1.82, 2.24) is 15.0 Å². The van der Waals surface area contributed by atoms with Gasteiger partial charge in [0.15, 0.2) is 5.16 Å². The second-order valence-electron chi connectivity index (χ2n) is 4.77. The lowest BCUT2D eigenvalue weighted by atomic mass is 9.98. The zero-order valence-electron chi connectivity index (χ0n) is 12.5. The number of nitrogens with zero attached hydrogens (tertiary/aromatic N) is 3. The van der Waals surface area contributed by atoms with Crippen LogP contribution in [0, 0.1) is 0 Å². The van der Waals surface area contributed by atoms with Crippen molar-refractivity contribution in [2.24, 2.45) is 0 Å². The van der Waals surface area contributed by atoms with E-state index in [0.29, 0.717) is 30.6 Å². The van der Waals surface area contributed by atoms with Crippen molar-refractivity contribution in [3.05, 3.63) is 0 Å². The Balaban J connectivity index is 2.27. The molecule has 0 radical (unpaired) electrons. The number of esters is 1. The van der Waals surface area contributed by atoms with Crippen LogP contribution in [0.5, 0.6) is 6.01 Å². The second kappa shape index (κ2) is 6.93. The van der Waals surface area contributed by atoms with Gasteiger partial charge in [0.1, 0.15) is 5.54 Å². The van der Waals surface area contributed by atoms with Crippen LogP contribution < -0.4 is 10.1 Å². The van der Waals surface area contributed by atoms with E-state index in [2.05, 4.69) is 20.3 Å². The smallest absolute Gasteiger partial charge is 0.331 e. The topological polar surface area (TPSA) is 86.2 Å². The Morgan fingerprint density at radius 1 is 1.33 bits per heavy atom. The van der Waals surface area contributed by atoms with Gasteiger partial charge in [0.05, 0.1) is 13.7 Å². The Labute approximate surface area is 128 Å². The highest BCUT2D eigenvalue weighted by molar-refractivity contribution is 7.98. The summed E-state index contributed by atoms with van der Waals surface area (Å²) < 4.78 is 10.3. The molecule has 0 amide bonds. The van der Waals surface area contributed by atoms with Crippen LogP contribution >= 0.6 is 11.8 Å². The van der Waals surface area contributed by atoms with Crippen LogP contribution in [0.25, 0.3) is 0 Å². The molecule has 0 saturated heterocycles. The van der Waals surface area contributed by atoms with Gasteiger partial charge in [-0.2, -0.15) is 15.0 Å². The molecule has 1 aliphatic carbocycles. The number of ether oxygens (including phenoxy) is 2. The SMILES string of the molecule is CCOc1nc(NC2(C(=O)OC)CCCC2)nc(SC)n1. The van der Waals surface area contributed by atoms with Gasteiger partial charge in [0.2, 0.25) is 5.95 Å². The minimum Gasteiger partial charge on any atom is -0.467 e. The van der Waals surface area contributed by atoms with Crippen molar-refractivity contribution in [1.29, 1.82) is 0 Å². The maximum atomic E-state index is 12.1. The van der Waals surface area contributed by atoms with Gasteiger partial charge in [-0.15, -0.1) is 0 Å². The second-order valence-corrected chi connectivity index (χ2v) is 5.54. The van der Waals surface area contributed by atoms with Gasteiger partial charge in [-0.05, 0) is 26.0 Å². The van der Waals surface area contributed by atoms with E-state index in [1.807, 2.05) is 13.2 Å². The molecule has 2 rings (SSSR count). The Hall–Kier alpha value is -1.57. The van der Waals surface area contributed by atoms with Crippen molar-refractivity contribution in [3.8, 4) is 6.01 Å². The van der Waals surface area contributed by atoms with Crippen LogP contribution in [0.15, 0.2) is 5.16 Å². The normalized spacial score (nSPS) is 16.5. The summed E-state index contributed by atoms with van der Waals surface area (Å²) in [6, 6.07) is 0.261. The van der Waals surface area contributed by atoms with Gasteiger partial charge < -0.3 is 14.8 Å². The number of nitrogens with one attached hydrogen (secondary N) is 1. The molecule has 1 aromatic rings. The van der Waals surface area contributed by atoms with Crippen molar-refractivity contribution >= 4 is 23.7 Å². The lowest BCUT2D eigenvalue weighted by molar-refractivity contribution is -0.145. The van der Waals surface area contributed by atoms with E-state index in [1.54, 1.807) is 0 Å². The fraction of sp³-hybridized carbons (Fsp3) is 0.692. The van der Waals surface area contributed by atoms with Crippen LogP contribution in [0.1, 0.15) is 32.6 Å². The molecule has 0 aliphatic heterocycles. The molecule has 8 heteroatoms. The van der Waals surface area contributed by atoms with Crippen molar-refractivity contribution in [3.63, 3.8) is 0 Å². The summed E-state index contributed by atoms with van der Waals surface area (Å²) in [7, 11) is 1.40. The third-order valence-electron chi connectivity index (χ3n) is 3.43. The van der Waals surface area contributed by atoms with E-state index >= 15 is 0 Å². The number of thioether (sulfide) groups is 1. The molecule has 1 N–H and O–H groups in total. The predicted octanol–water partition coefficient (Wildman–Crippen LogP) is 1.89. The third-order valence-corrected chi connectivity index (χ3v) is 3.98. The molecule has 21 heavy (non-hydrogen) atoms. The quantitative estimate of drug-likeness (QED) is 0.629. The van der Waals surface area contributed by atoms with Crippen molar-refractivity contribution in [2.75, 3.05) is 25.3 Å². The van der Waals surface area contributed by atoms with E-state index in [4.69, 9.17) is 9.47 Å². The van der Waals surface area contributed by atoms with E-state index in [9.17, 15) is 4.79 Å². The summed E-state index contributed by atoms with van der Waals surface area (Å²) in [5.74, 6) is 0.0779. The number of carbonyl (C=O) groups is 1. The first-order valence-corrected chi connectivity index (χ1v) is 8.15. The molecular formula is C13H20N4O3S.